The van der Waals surface area contributed by atoms with E-state index in [-0.39, 0.29) is 0 Å². The first-order valence-electron chi connectivity index (χ1n) is 6.08. The minimum Gasteiger partial charge on any atom is -0.236 e. The topological polar surface area (TPSA) is 43.1 Å². The van der Waals surface area contributed by atoms with Gasteiger partial charge in [0.2, 0.25) is 0 Å². The van der Waals surface area contributed by atoms with E-state index in [0.29, 0.717) is 5.15 Å². The quantitative estimate of drug-likeness (QED) is 0.500. The van der Waals surface area contributed by atoms with Crippen LogP contribution < -0.4 is 0 Å². The van der Waals surface area contributed by atoms with Crippen molar-refractivity contribution in [3.8, 4) is 10.4 Å². The van der Waals surface area contributed by atoms with Gasteiger partial charge < -0.3 is 0 Å². The summed E-state index contributed by atoms with van der Waals surface area (Å²) in [5.41, 5.74) is 3.35. The third kappa shape index (κ3) is 1.71. The smallest absolute Gasteiger partial charge is 0.166 e. The summed E-state index contributed by atoms with van der Waals surface area (Å²) in [6.45, 7) is 1.93. The highest BCUT2D eigenvalue weighted by Gasteiger charge is 2.11. The lowest BCUT2D eigenvalue weighted by Crippen LogP contribution is -1.96. The average Bonchev–Trinajstić information content (AvgIpc) is 3.06. The molecule has 0 aromatic carbocycles. The van der Waals surface area contributed by atoms with Crippen LogP contribution in [0.4, 0.5) is 0 Å². The number of hydrogen-bond acceptors (Lipinski definition) is 4. The highest BCUT2D eigenvalue weighted by atomic mass is 35.5. The van der Waals surface area contributed by atoms with Gasteiger partial charge in [0.05, 0.1) is 5.69 Å². The minimum absolute atomic E-state index is 0.487. The number of thiophene rings is 1. The second kappa shape index (κ2) is 4.26. The van der Waals surface area contributed by atoms with Crippen molar-refractivity contribution < 1.29 is 0 Å². The van der Waals surface area contributed by atoms with Crippen molar-refractivity contribution in [3.63, 3.8) is 0 Å². The molecule has 4 heterocycles. The molecule has 6 heteroatoms. The zero-order valence-corrected chi connectivity index (χ0v) is 12.1. The molecule has 0 unspecified atom stereocenters. The number of aromatic nitrogens is 4. The van der Waals surface area contributed by atoms with Crippen LogP contribution in [0.15, 0.2) is 35.8 Å². The molecule has 0 atom stereocenters. The largest absolute Gasteiger partial charge is 0.236 e. The summed E-state index contributed by atoms with van der Waals surface area (Å²) < 4.78 is 1.73. The molecule has 98 valence electrons. The number of halogens is 1. The molecule has 0 bridgehead atoms. The molecule has 0 radical (unpaired) electrons. The molecule has 4 nitrogen and oxygen atoms in total. The Hall–Kier alpha value is -1.98. The van der Waals surface area contributed by atoms with Gasteiger partial charge in [0.1, 0.15) is 5.15 Å². The van der Waals surface area contributed by atoms with Gasteiger partial charge in [-0.2, -0.15) is 9.61 Å². The van der Waals surface area contributed by atoms with E-state index in [1.165, 1.54) is 0 Å². The van der Waals surface area contributed by atoms with Crippen LogP contribution in [0.1, 0.15) is 5.69 Å². The van der Waals surface area contributed by atoms with Crippen LogP contribution in [0.2, 0.25) is 5.15 Å². The molecule has 0 aliphatic carbocycles. The number of hydrogen-bond donors (Lipinski definition) is 0. The van der Waals surface area contributed by atoms with Gasteiger partial charge in [0.15, 0.2) is 11.3 Å². The van der Waals surface area contributed by atoms with Gasteiger partial charge in [-0.15, -0.1) is 11.3 Å². The molecule has 0 amide bonds. The molecule has 4 aromatic rings. The van der Waals surface area contributed by atoms with Crippen molar-refractivity contribution in [1.29, 1.82) is 0 Å². The Bertz CT molecular complexity index is 927. The minimum atomic E-state index is 0.487. The van der Waals surface area contributed by atoms with Crippen molar-refractivity contribution >= 4 is 39.6 Å². The molecule has 0 N–H and O–H groups in total. The van der Waals surface area contributed by atoms with Crippen molar-refractivity contribution in [2.45, 2.75) is 6.92 Å². The van der Waals surface area contributed by atoms with Gasteiger partial charge in [-0.25, -0.2) is 9.97 Å². The lowest BCUT2D eigenvalue weighted by molar-refractivity contribution is 0.939. The zero-order chi connectivity index (χ0) is 13.7. The van der Waals surface area contributed by atoms with E-state index in [2.05, 4.69) is 15.1 Å². The summed E-state index contributed by atoms with van der Waals surface area (Å²) in [6.07, 6.45) is 1.81. The van der Waals surface area contributed by atoms with E-state index in [4.69, 9.17) is 11.6 Å². The van der Waals surface area contributed by atoms with E-state index in [1.54, 1.807) is 15.9 Å². The van der Waals surface area contributed by atoms with E-state index < -0.39 is 0 Å². The van der Waals surface area contributed by atoms with Crippen molar-refractivity contribution in [1.82, 2.24) is 19.6 Å². The van der Waals surface area contributed by atoms with Gasteiger partial charge in [-0.3, -0.25) is 0 Å². The number of fused-ring (bicyclic) bond motifs is 3. The second-order valence-electron chi connectivity index (χ2n) is 4.53. The fourth-order valence-corrected chi connectivity index (χ4v) is 3.27. The summed E-state index contributed by atoms with van der Waals surface area (Å²) in [5.74, 6) is 0. The van der Waals surface area contributed by atoms with E-state index in [0.717, 1.165) is 32.8 Å². The fraction of sp³-hybridized carbons (Fsp3) is 0.0714. The Morgan fingerprint density at radius 3 is 3.00 bits per heavy atom. The summed E-state index contributed by atoms with van der Waals surface area (Å²) in [4.78, 5) is 10.0. The molecule has 0 saturated carbocycles. The predicted octanol–water partition coefficient (Wildman–Crippen LogP) is 3.97. The molecule has 0 aliphatic heterocycles. The van der Waals surface area contributed by atoms with Crippen molar-refractivity contribution in [2.24, 2.45) is 0 Å². The van der Waals surface area contributed by atoms with Crippen LogP contribution >= 0.6 is 22.9 Å². The average molecular weight is 301 g/mol. The van der Waals surface area contributed by atoms with Gasteiger partial charge >= 0.3 is 0 Å². The van der Waals surface area contributed by atoms with Crippen LogP contribution in [0.5, 0.6) is 0 Å². The third-order valence-electron chi connectivity index (χ3n) is 3.12. The van der Waals surface area contributed by atoms with Crippen molar-refractivity contribution in [2.75, 3.05) is 0 Å². The summed E-state index contributed by atoms with van der Waals surface area (Å²) >= 11 is 7.98. The highest BCUT2D eigenvalue weighted by molar-refractivity contribution is 7.13. The lowest BCUT2D eigenvalue weighted by Gasteiger charge is -2.05. The van der Waals surface area contributed by atoms with Crippen LogP contribution in [0.25, 0.3) is 27.1 Å². The summed E-state index contributed by atoms with van der Waals surface area (Å²) in [7, 11) is 0. The molecule has 0 aliphatic rings. The lowest BCUT2D eigenvalue weighted by atomic mass is 10.2. The molecule has 0 fully saturated rings. The number of aryl methyl sites for hydroxylation is 1. The van der Waals surface area contributed by atoms with Crippen molar-refractivity contribution in [3.05, 3.63) is 46.7 Å². The van der Waals surface area contributed by atoms with Gasteiger partial charge in [0, 0.05) is 28.1 Å². The Balaban J connectivity index is 2.08. The molecule has 0 saturated heterocycles. The predicted molar refractivity (Wildman–Crippen MR) is 81.3 cm³/mol. The molecule has 4 rings (SSSR count). The van der Waals surface area contributed by atoms with E-state index >= 15 is 0 Å². The molecular formula is C14H9ClN4S. The van der Waals surface area contributed by atoms with Gasteiger partial charge in [-0.05, 0) is 24.4 Å². The second-order valence-corrected chi connectivity index (χ2v) is 5.84. The highest BCUT2D eigenvalue weighted by Crippen LogP contribution is 2.32. The Labute approximate surface area is 123 Å². The Kier molecular flexibility index (Phi) is 2.52. The Morgan fingerprint density at radius 1 is 1.30 bits per heavy atom. The molecule has 4 aromatic heterocycles. The monoisotopic (exact) mass is 300 g/mol. The SMILES string of the molecule is Cc1cc2ncc3cc(-c4cccs4)c(Cl)nc3n2n1. The van der Waals surface area contributed by atoms with E-state index in [9.17, 15) is 0 Å². The molecule has 0 spiro atoms. The number of pyridine rings is 1. The fourth-order valence-electron chi connectivity index (χ4n) is 2.24. The Morgan fingerprint density at radius 2 is 2.20 bits per heavy atom. The van der Waals surface area contributed by atoms with E-state index in [1.807, 2.05) is 42.8 Å². The normalized spacial score (nSPS) is 11.5. The van der Waals surface area contributed by atoms with Gasteiger partial charge in [0.25, 0.3) is 0 Å². The summed E-state index contributed by atoms with van der Waals surface area (Å²) in [5, 5.41) is 7.84. The molecule has 20 heavy (non-hydrogen) atoms. The zero-order valence-electron chi connectivity index (χ0n) is 10.5. The maximum absolute atomic E-state index is 6.34. The maximum Gasteiger partial charge on any atom is 0.166 e. The van der Waals surface area contributed by atoms with Crippen LogP contribution in [-0.4, -0.2) is 19.6 Å². The number of rotatable bonds is 1. The van der Waals surface area contributed by atoms with Gasteiger partial charge in [-0.1, -0.05) is 17.7 Å². The summed E-state index contributed by atoms with van der Waals surface area (Å²) in [6, 6.07) is 7.96. The van der Waals surface area contributed by atoms with Crippen LogP contribution in [0, 0.1) is 6.92 Å². The standard InChI is InChI=1S/C14H9ClN4S/c1-8-5-12-16-7-9-6-10(11-3-2-4-20-11)13(15)17-14(9)19(12)18-8/h2-7H,1H3. The first-order valence-corrected chi connectivity index (χ1v) is 7.33. The van der Waals surface area contributed by atoms with Crippen LogP contribution in [-0.2, 0) is 0 Å². The maximum atomic E-state index is 6.34. The first kappa shape index (κ1) is 11.8. The number of nitrogens with zero attached hydrogens (tertiary/aromatic N) is 4. The van der Waals surface area contributed by atoms with Crippen LogP contribution in [0.3, 0.4) is 0 Å². The first-order chi connectivity index (χ1) is 9.72. The third-order valence-corrected chi connectivity index (χ3v) is 4.31. The molecular weight excluding hydrogens is 292 g/mol.